The minimum atomic E-state index is -4.57. The van der Waals surface area contributed by atoms with Crippen LogP contribution in [0.1, 0.15) is 11.1 Å². The van der Waals surface area contributed by atoms with Gasteiger partial charge in [-0.15, -0.1) is 0 Å². The number of hydrogen-bond acceptors (Lipinski definition) is 6. The lowest BCUT2D eigenvalue weighted by Gasteiger charge is -2.36. The van der Waals surface area contributed by atoms with Crippen LogP contribution in [0.3, 0.4) is 0 Å². The van der Waals surface area contributed by atoms with Crippen LogP contribution >= 0.6 is 0 Å². The van der Waals surface area contributed by atoms with Gasteiger partial charge in [-0.25, -0.2) is 17.8 Å². The van der Waals surface area contributed by atoms with Crippen molar-refractivity contribution in [1.29, 1.82) is 0 Å². The molecule has 1 fully saturated rings. The number of ether oxygens (including phenoxy) is 2. The van der Waals surface area contributed by atoms with Gasteiger partial charge in [0.25, 0.3) is 0 Å². The highest BCUT2D eigenvalue weighted by molar-refractivity contribution is 7.89. The van der Waals surface area contributed by atoms with Gasteiger partial charge in [0.2, 0.25) is 10.0 Å². The van der Waals surface area contributed by atoms with E-state index in [9.17, 15) is 26.0 Å². The average molecular weight is 536 g/mol. The molecule has 37 heavy (non-hydrogen) atoms. The van der Waals surface area contributed by atoms with Crippen LogP contribution in [0.5, 0.6) is 17.2 Å². The fourth-order valence-corrected chi connectivity index (χ4v) is 5.67. The Morgan fingerprint density at radius 3 is 2.35 bits per heavy atom. The molecule has 0 atom stereocenters. The molecular weight excluding hydrogens is 514 g/mol. The molecule has 0 radical (unpaired) electrons. The van der Waals surface area contributed by atoms with Crippen LogP contribution < -0.4 is 9.47 Å². The van der Waals surface area contributed by atoms with Crippen molar-refractivity contribution in [3.63, 3.8) is 0 Å². The van der Waals surface area contributed by atoms with Gasteiger partial charge in [-0.3, -0.25) is 0 Å². The molecule has 12 heteroatoms. The van der Waals surface area contributed by atoms with E-state index in [1.807, 2.05) is 0 Å². The molecule has 0 saturated carbocycles. The minimum absolute atomic E-state index is 0.00481. The van der Waals surface area contributed by atoms with Gasteiger partial charge >= 0.3 is 6.18 Å². The predicted octanol–water partition coefficient (Wildman–Crippen LogP) is 5.04. The average Bonchev–Trinajstić information content (AvgIpc) is 3.04. The lowest BCUT2D eigenvalue weighted by molar-refractivity contribution is -0.137. The van der Waals surface area contributed by atoms with E-state index in [0.29, 0.717) is 22.9 Å². The second-order valence-corrected chi connectivity index (χ2v) is 10.4. The molecule has 0 unspecified atom stereocenters. The van der Waals surface area contributed by atoms with E-state index in [-0.39, 0.29) is 42.5 Å². The van der Waals surface area contributed by atoms with Crippen molar-refractivity contribution >= 4 is 21.5 Å². The number of hydrogen-bond donors (Lipinski definition) is 0. The van der Waals surface area contributed by atoms with Crippen LogP contribution in [0.2, 0.25) is 0 Å². The van der Waals surface area contributed by atoms with Crippen molar-refractivity contribution in [1.82, 2.24) is 9.21 Å². The normalized spacial score (nSPS) is 16.2. The Bertz CT molecular complexity index is 1480. The van der Waals surface area contributed by atoms with Crippen molar-refractivity contribution in [3.05, 3.63) is 77.6 Å². The molecule has 0 spiro atoms. The molecule has 7 nitrogen and oxygen atoms in total. The number of sulfonamides is 1. The Labute approximate surface area is 210 Å². The summed E-state index contributed by atoms with van der Waals surface area (Å²) in [5.74, 6) is 0.684. The van der Waals surface area contributed by atoms with Crippen LogP contribution in [0.4, 0.5) is 23.2 Å². The number of halogens is 4. The molecule has 0 amide bonds. The Morgan fingerprint density at radius 1 is 0.946 bits per heavy atom. The number of amidine groups is 1. The Balaban J connectivity index is 1.50. The summed E-state index contributed by atoms with van der Waals surface area (Å²) in [7, 11) is -2.45. The lowest BCUT2D eigenvalue weighted by Crippen LogP contribution is -2.50. The highest BCUT2D eigenvalue weighted by Crippen LogP contribution is 2.42. The fourth-order valence-electron chi connectivity index (χ4n) is 4.22. The van der Waals surface area contributed by atoms with Gasteiger partial charge in [0, 0.05) is 26.2 Å². The number of rotatable bonds is 3. The van der Waals surface area contributed by atoms with Crippen LogP contribution in [-0.4, -0.2) is 56.7 Å². The van der Waals surface area contributed by atoms with Gasteiger partial charge in [0.1, 0.15) is 28.8 Å². The van der Waals surface area contributed by atoms with Gasteiger partial charge in [-0.2, -0.15) is 17.5 Å². The molecule has 5 rings (SSSR count). The highest BCUT2D eigenvalue weighted by Gasteiger charge is 2.34. The number of nitrogens with zero attached hydrogens (tertiary/aromatic N) is 3. The summed E-state index contributed by atoms with van der Waals surface area (Å²) in [5, 5.41) is 0. The Morgan fingerprint density at radius 2 is 1.68 bits per heavy atom. The van der Waals surface area contributed by atoms with E-state index >= 15 is 0 Å². The summed E-state index contributed by atoms with van der Waals surface area (Å²) in [6, 6.07) is 12.8. The summed E-state index contributed by atoms with van der Waals surface area (Å²) in [4.78, 5) is 6.19. The van der Waals surface area contributed by atoms with Crippen molar-refractivity contribution < 1.29 is 35.5 Å². The van der Waals surface area contributed by atoms with Gasteiger partial charge in [-0.05, 0) is 54.6 Å². The largest absolute Gasteiger partial charge is 0.497 e. The number of piperazine rings is 1. The van der Waals surface area contributed by atoms with E-state index in [0.717, 1.165) is 24.3 Å². The smallest absolute Gasteiger partial charge is 0.416 e. The number of methoxy groups -OCH3 is 1. The summed E-state index contributed by atoms with van der Waals surface area (Å²) in [6.07, 6.45) is -4.57. The van der Waals surface area contributed by atoms with Crippen LogP contribution in [0.15, 0.2) is 70.6 Å². The molecule has 0 N–H and O–H groups in total. The molecular formula is C25H21F4N3O4S. The van der Waals surface area contributed by atoms with Gasteiger partial charge in [0.15, 0.2) is 5.75 Å². The maximum absolute atomic E-state index is 13.6. The van der Waals surface area contributed by atoms with Gasteiger partial charge < -0.3 is 14.4 Å². The summed E-state index contributed by atoms with van der Waals surface area (Å²) >= 11 is 0. The third-order valence-corrected chi connectivity index (χ3v) is 8.03. The Hall–Kier alpha value is -3.64. The third-order valence-electron chi connectivity index (χ3n) is 6.13. The number of aliphatic imine (C=N–C) groups is 1. The second kappa shape index (κ2) is 9.34. The van der Waals surface area contributed by atoms with E-state index in [1.165, 1.54) is 29.6 Å². The maximum Gasteiger partial charge on any atom is 0.416 e. The molecule has 0 aromatic heterocycles. The molecule has 0 bridgehead atoms. The van der Waals surface area contributed by atoms with E-state index in [4.69, 9.17) is 9.47 Å². The maximum atomic E-state index is 13.6. The van der Waals surface area contributed by atoms with Crippen molar-refractivity contribution in [3.8, 4) is 17.2 Å². The quantitative estimate of drug-likeness (QED) is 0.440. The molecule has 2 aliphatic heterocycles. The topological polar surface area (TPSA) is 71.4 Å². The SMILES string of the molecule is COc1ccc2c(c1)C(N1CCN(S(=O)(=O)c3cccc(F)c3)CC1)=Nc1cc(C(F)(F)F)ccc1O2. The van der Waals surface area contributed by atoms with Crippen molar-refractivity contribution in [2.45, 2.75) is 11.1 Å². The molecule has 2 heterocycles. The van der Waals surface area contributed by atoms with Crippen LogP contribution in [0.25, 0.3) is 0 Å². The monoisotopic (exact) mass is 535 g/mol. The molecule has 1 saturated heterocycles. The second-order valence-electron chi connectivity index (χ2n) is 8.43. The number of benzene rings is 3. The minimum Gasteiger partial charge on any atom is -0.497 e. The van der Waals surface area contributed by atoms with Crippen LogP contribution in [-0.2, 0) is 16.2 Å². The standard InChI is InChI=1S/C25H21F4N3O4S/c1-35-18-6-8-22-20(15-18)24(30-21-13-16(25(27,28)29)5-7-23(21)36-22)31-9-11-32(12-10-31)37(33,34)19-4-2-3-17(26)14-19/h2-8,13-15H,9-12H2,1H3. The first kappa shape index (κ1) is 25.0. The van der Waals surface area contributed by atoms with Gasteiger partial charge in [-0.1, -0.05) is 6.07 Å². The number of fused-ring (bicyclic) bond motifs is 2. The van der Waals surface area contributed by atoms with Gasteiger partial charge in [0.05, 0.1) is 23.1 Å². The van der Waals surface area contributed by atoms with Crippen molar-refractivity contribution in [2.24, 2.45) is 4.99 Å². The summed E-state index contributed by atoms with van der Waals surface area (Å²) < 4.78 is 92.3. The predicted molar refractivity (Wildman–Crippen MR) is 127 cm³/mol. The van der Waals surface area contributed by atoms with Crippen molar-refractivity contribution in [2.75, 3.05) is 33.3 Å². The fraction of sp³-hybridized carbons (Fsp3) is 0.240. The first-order valence-electron chi connectivity index (χ1n) is 11.2. The molecule has 2 aliphatic rings. The van der Waals surface area contributed by atoms with E-state index < -0.39 is 27.6 Å². The first-order valence-corrected chi connectivity index (χ1v) is 12.7. The first-order chi connectivity index (χ1) is 17.6. The third kappa shape index (κ3) is 4.86. The highest BCUT2D eigenvalue weighted by atomic mass is 32.2. The Kier molecular flexibility index (Phi) is 6.32. The van der Waals surface area contributed by atoms with E-state index in [1.54, 1.807) is 23.1 Å². The van der Waals surface area contributed by atoms with E-state index in [2.05, 4.69) is 4.99 Å². The van der Waals surface area contributed by atoms with Crippen LogP contribution in [0, 0.1) is 5.82 Å². The molecule has 3 aromatic rings. The molecule has 3 aromatic carbocycles. The molecule has 194 valence electrons. The zero-order chi connectivity index (χ0) is 26.4. The lowest BCUT2D eigenvalue weighted by atomic mass is 10.1. The summed E-state index contributed by atoms with van der Waals surface area (Å²) in [6.45, 7) is 0.512. The zero-order valence-electron chi connectivity index (χ0n) is 19.5. The molecule has 0 aliphatic carbocycles. The zero-order valence-corrected chi connectivity index (χ0v) is 20.3. The number of alkyl halides is 3. The summed E-state index contributed by atoms with van der Waals surface area (Å²) in [5.41, 5.74) is -0.382.